The molecule has 0 aliphatic rings. The molecule has 0 aliphatic heterocycles. The van der Waals surface area contributed by atoms with Gasteiger partial charge in [-0.05, 0) is 46.2 Å². The summed E-state index contributed by atoms with van der Waals surface area (Å²) in [5, 5.41) is 7.40. The molecule has 0 unspecified atom stereocenters. The first-order valence-corrected chi connectivity index (χ1v) is 9.45. The third-order valence-corrected chi connectivity index (χ3v) is 4.97. The van der Waals surface area contributed by atoms with E-state index in [-0.39, 0.29) is 12.1 Å². The Morgan fingerprint density at radius 2 is 2.11 bits per heavy atom. The summed E-state index contributed by atoms with van der Waals surface area (Å²) in [6.07, 6.45) is 3.46. The molecular weight excluding hydrogens is 376 g/mol. The third-order valence-electron chi connectivity index (χ3n) is 4.29. The first kappa shape index (κ1) is 17.9. The van der Waals surface area contributed by atoms with Gasteiger partial charge in [-0.1, -0.05) is 12.1 Å². The monoisotopic (exact) mass is 392 g/mol. The molecule has 0 saturated heterocycles. The Kier molecular flexibility index (Phi) is 4.90. The minimum absolute atomic E-state index is 0.0531. The van der Waals surface area contributed by atoms with Crippen LogP contribution in [0.4, 0.5) is 0 Å². The number of hydrogen-bond acceptors (Lipinski definition) is 6. The van der Waals surface area contributed by atoms with Gasteiger partial charge in [0.25, 0.3) is 5.91 Å². The standard InChI is InChI=1S/C21H16N2O4S/c1-26-18-4-2-3-14-8-17(21(25)27-19(14)18)20(24)23-10-13-7-16(11-22-9-13)15-5-6-28-12-15/h2-9,11-12H,10H2,1H3,(H,23,24). The molecule has 0 bridgehead atoms. The summed E-state index contributed by atoms with van der Waals surface area (Å²) >= 11 is 1.61. The number of amides is 1. The van der Waals surface area contributed by atoms with Gasteiger partial charge in [0, 0.05) is 29.9 Å². The van der Waals surface area contributed by atoms with E-state index in [1.165, 1.54) is 13.2 Å². The number of carbonyl (C=O) groups excluding carboxylic acids is 1. The molecule has 140 valence electrons. The number of benzene rings is 1. The fourth-order valence-electron chi connectivity index (χ4n) is 2.89. The van der Waals surface area contributed by atoms with Gasteiger partial charge in [-0.3, -0.25) is 9.78 Å². The summed E-state index contributed by atoms with van der Waals surface area (Å²) in [6.45, 7) is 0.249. The van der Waals surface area contributed by atoms with Crippen LogP contribution in [0, 0.1) is 0 Å². The summed E-state index contributed by atoms with van der Waals surface area (Å²) < 4.78 is 10.5. The zero-order valence-electron chi connectivity index (χ0n) is 15.0. The summed E-state index contributed by atoms with van der Waals surface area (Å²) in [6, 6.07) is 10.7. The number of thiophene rings is 1. The van der Waals surface area contributed by atoms with E-state index < -0.39 is 11.5 Å². The van der Waals surface area contributed by atoms with Crippen molar-refractivity contribution >= 4 is 28.2 Å². The molecule has 3 aromatic heterocycles. The number of rotatable bonds is 5. The topological polar surface area (TPSA) is 81.4 Å². The molecular formula is C21H16N2O4S. The van der Waals surface area contributed by atoms with E-state index in [9.17, 15) is 9.59 Å². The van der Waals surface area contributed by atoms with Crippen LogP contribution in [0.2, 0.25) is 0 Å². The number of aromatic nitrogens is 1. The molecule has 1 aromatic carbocycles. The second kappa shape index (κ2) is 7.66. The highest BCUT2D eigenvalue weighted by atomic mass is 32.1. The Labute approximate surface area is 164 Å². The zero-order chi connectivity index (χ0) is 19.5. The molecule has 1 N–H and O–H groups in total. The van der Waals surface area contributed by atoms with Gasteiger partial charge in [-0.15, -0.1) is 0 Å². The number of fused-ring (bicyclic) bond motifs is 1. The van der Waals surface area contributed by atoms with Crippen LogP contribution >= 0.6 is 11.3 Å². The highest BCUT2D eigenvalue weighted by molar-refractivity contribution is 7.08. The van der Waals surface area contributed by atoms with Crippen molar-refractivity contribution in [3.05, 3.63) is 81.1 Å². The van der Waals surface area contributed by atoms with E-state index in [1.807, 2.05) is 22.9 Å². The quantitative estimate of drug-likeness (QED) is 0.522. The molecule has 0 atom stereocenters. The minimum Gasteiger partial charge on any atom is -0.493 e. The van der Waals surface area contributed by atoms with Crippen molar-refractivity contribution < 1.29 is 13.9 Å². The van der Waals surface area contributed by atoms with E-state index in [4.69, 9.17) is 9.15 Å². The Morgan fingerprint density at radius 3 is 2.89 bits per heavy atom. The lowest BCUT2D eigenvalue weighted by Crippen LogP contribution is -2.27. The van der Waals surface area contributed by atoms with E-state index >= 15 is 0 Å². The Bertz CT molecular complexity index is 1200. The number of pyridine rings is 1. The normalized spacial score (nSPS) is 10.8. The van der Waals surface area contributed by atoms with E-state index in [2.05, 4.69) is 10.3 Å². The molecule has 1 amide bonds. The molecule has 7 heteroatoms. The van der Waals surface area contributed by atoms with Gasteiger partial charge in [-0.2, -0.15) is 11.3 Å². The van der Waals surface area contributed by atoms with E-state index in [1.54, 1.807) is 41.9 Å². The second-order valence-electron chi connectivity index (χ2n) is 6.10. The van der Waals surface area contributed by atoms with Gasteiger partial charge in [0.2, 0.25) is 0 Å². The van der Waals surface area contributed by atoms with Crippen molar-refractivity contribution in [3.8, 4) is 16.9 Å². The van der Waals surface area contributed by atoms with Crippen molar-refractivity contribution in [2.75, 3.05) is 7.11 Å². The van der Waals surface area contributed by atoms with E-state index in [0.717, 1.165) is 16.7 Å². The van der Waals surface area contributed by atoms with Crippen LogP contribution in [0.25, 0.3) is 22.1 Å². The van der Waals surface area contributed by atoms with Crippen molar-refractivity contribution in [2.45, 2.75) is 6.54 Å². The molecule has 0 spiro atoms. The predicted octanol–water partition coefficient (Wildman–Crippen LogP) is 3.86. The van der Waals surface area contributed by atoms with Crippen LogP contribution in [0.3, 0.4) is 0 Å². The van der Waals surface area contributed by atoms with Gasteiger partial charge in [-0.25, -0.2) is 4.79 Å². The number of methoxy groups -OCH3 is 1. The Balaban J connectivity index is 1.55. The fraction of sp³-hybridized carbons (Fsp3) is 0.0952. The first-order valence-electron chi connectivity index (χ1n) is 8.51. The number of nitrogens with zero attached hydrogens (tertiary/aromatic N) is 1. The van der Waals surface area contributed by atoms with Crippen LogP contribution in [-0.2, 0) is 6.54 Å². The SMILES string of the molecule is COc1cccc2cc(C(=O)NCc3cncc(-c4ccsc4)c3)c(=O)oc12. The average molecular weight is 392 g/mol. The number of hydrogen-bond donors (Lipinski definition) is 1. The van der Waals surface area contributed by atoms with Gasteiger partial charge in [0.15, 0.2) is 11.3 Å². The molecule has 4 rings (SSSR count). The molecule has 4 aromatic rings. The van der Waals surface area contributed by atoms with Crippen molar-refractivity contribution in [1.29, 1.82) is 0 Å². The molecule has 28 heavy (non-hydrogen) atoms. The van der Waals surface area contributed by atoms with Gasteiger partial charge < -0.3 is 14.5 Å². The maximum atomic E-state index is 12.5. The number of nitrogens with one attached hydrogen (secondary N) is 1. The third kappa shape index (κ3) is 3.52. The Hall–Kier alpha value is -3.45. The largest absolute Gasteiger partial charge is 0.493 e. The van der Waals surface area contributed by atoms with Crippen LogP contribution in [0.15, 0.2) is 68.8 Å². The molecule has 0 fully saturated rings. The summed E-state index contributed by atoms with van der Waals surface area (Å²) in [7, 11) is 1.49. The molecule has 0 radical (unpaired) electrons. The summed E-state index contributed by atoms with van der Waals surface area (Å²) in [5.74, 6) is -0.0581. The molecule has 0 aliphatic carbocycles. The van der Waals surface area contributed by atoms with Gasteiger partial charge in [0.1, 0.15) is 5.56 Å². The number of para-hydroxylation sites is 1. The lowest BCUT2D eigenvalue weighted by molar-refractivity contribution is 0.0947. The maximum Gasteiger partial charge on any atom is 0.349 e. The highest BCUT2D eigenvalue weighted by Crippen LogP contribution is 2.24. The fourth-order valence-corrected chi connectivity index (χ4v) is 3.55. The lowest BCUT2D eigenvalue weighted by atomic mass is 10.1. The molecule has 6 nitrogen and oxygen atoms in total. The van der Waals surface area contributed by atoms with Crippen molar-refractivity contribution in [2.24, 2.45) is 0 Å². The minimum atomic E-state index is -0.709. The smallest absolute Gasteiger partial charge is 0.349 e. The van der Waals surface area contributed by atoms with Crippen molar-refractivity contribution in [1.82, 2.24) is 10.3 Å². The first-order chi connectivity index (χ1) is 13.7. The highest BCUT2D eigenvalue weighted by Gasteiger charge is 2.15. The second-order valence-corrected chi connectivity index (χ2v) is 6.88. The Morgan fingerprint density at radius 1 is 1.21 bits per heavy atom. The summed E-state index contributed by atoms with van der Waals surface area (Å²) in [4.78, 5) is 29.0. The summed E-state index contributed by atoms with van der Waals surface area (Å²) in [5.41, 5.74) is 2.45. The van der Waals surface area contributed by atoms with Crippen LogP contribution in [0.5, 0.6) is 5.75 Å². The van der Waals surface area contributed by atoms with Crippen LogP contribution in [-0.4, -0.2) is 18.0 Å². The number of carbonyl (C=O) groups is 1. The van der Waals surface area contributed by atoms with E-state index in [0.29, 0.717) is 16.7 Å². The maximum absolute atomic E-state index is 12.5. The van der Waals surface area contributed by atoms with Crippen molar-refractivity contribution in [3.63, 3.8) is 0 Å². The van der Waals surface area contributed by atoms with Gasteiger partial charge >= 0.3 is 5.63 Å². The molecule has 3 heterocycles. The van der Waals surface area contributed by atoms with Gasteiger partial charge in [0.05, 0.1) is 7.11 Å². The number of ether oxygens (including phenoxy) is 1. The van der Waals surface area contributed by atoms with Crippen LogP contribution < -0.4 is 15.7 Å². The zero-order valence-corrected chi connectivity index (χ0v) is 15.8. The predicted molar refractivity (Wildman–Crippen MR) is 108 cm³/mol. The molecule has 0 saturated carbocycles. The lowest BCUT2D eigenvalue weighted by Gasteiger charge is -2.08. The van der Waals surface area contributed by atoms with Crippen LogP contribution in [0.1, 0.15) is 15.9 Å². The average Bonchev–Trinajstić information content (AvgIpc) is 3.26.